The maximum Gasteiger partial charge on any atom is 0.266 e. The van der Waals surface area contributed by atoms with Crippen molar-refractivity contribution in [1.82, 2.24) is 9.55 Å². The number of para-hydroxylation sites is 4. The number of rotatable bonds is 7. The molecule has 1 heterocycles. The summed E-state index contributed by atoms with van der Waals surface area (Å²) in [6, 6.07) is 22.8. The maximum atomic E-state index is 13.3. The molecule has 4 rings (SSSR count). The Hall–Kier alpha value is -3.25. The van der Waals surface area contributed by atoms with Gasteiger partial charge in [0, 0.05) is 5.75 Å². The minimum absolute atomic E-state index is 0.118. The van der Waals surface area contributed by atoms with E-state index in [1.54, 1.807) is 17.7 Å². The topological polar surface area (TPSA) is 53.4 Å². The number of aromatic nitrogens is 2. The molecule has 0 aliphatic rings. The van der Waals surface area contributed by atoms with Gasteiger partial charge in [-0.25, -0.2) is 4.98 Å². The standard InChI is InChI=1S/C24H22N2O3S/c1-17-9-3-7-13-21(17)29-15-16-30-24-25-19-11-5-4-10-18(19)23(27)26(24)20-12-6-8-14-22(20)28-2/h3-14H,15-16H2,1-2H3. The number of methoxy groups -OCH3 is 1. The fraction of sp³-hybridized carbons (Fsp3) is 0.167. The third-order valence-electron chi connectivity index (χ3n) is 4.74. The second-order valence-corrected chi connectivity index (χ2v) is 7.75. The molecule has 0 N–H and O–H groups in total. The molecule has 0 unspecified atom stereocenters. The smallest absolute Gasteiger partial charge is 0.266 e. The van der Waals surface area contributed by atoms with E-state index in [1.165, 1.54) is 11.8 Å². The van der Waals surface area contributed by atoms with E-state index < -0.39 is 0 Å². The van der Waals surface area contributed by atoms with Crippen molar-refractivity contribution in [2.45, 2.75) is 12.1 Å². The Bertz CT molecular complexity index is 1240. The van der Waals surface area contributed by atoms with Gasteiger partial charge in [-0.15, -0.1) is 0 Å². The van der Waals surface area contributed by atoms with Crippen molar-refractivity contribution in [1.29, 1.82) is 0 Å². The molecule has 6 heteroatoms. The lowest BCUT2D eigenvalue weighted by Gasteiger charge is -2.16. The summed E-state index contributed by atoms with van der Waals surface area (Å²) in [5.74, 6) is 2.13. The Morgan fingerprint density at radius 2 is 1.63 bits per heavy atom. The monoisotopic (exact) mass is 418 g/mol. The fourth-order valence-electron chi connectivity index (χ4n) is 3.24. The first kappa shape index (κ1) is 20.0. The van der Waals surface area contributed by atoms with Gasteiger partial charge in [0.05, 0.1) is 30.3 Å². The van der Waals surface area contributed by atoms with Gasteiger partial charge < -0.3 is 9.47 Å². The van der Waals surface area contributed by atoms with Crippen molar-refractivity contribution in [2.75, 3.05) is 19.5 Å². The van der Waals surface area contributed by atoms with Crippen LogP contribution < -0.4 is 15.0 Å². The van der Waals surface area contributed by atoms with Crippen LogP contribution in [0.5, 0.6) is 11.5 Å². The lowest BCUT2D eigenvalue weighted by Crippen LogP contribution is -2.22. The zero-order valence-electron chi connectivity index (χ0n) is 16.9. The Morgan fingerprint density at radius 1 is 0.933 bits per heavy atom. The molecule has 4 aromatic rings. The van der Waals surface area contributed by atoms with Crippen molar-refractivity contribution in [3.05, 3.63) is 88.7 Å². The summed E-state index contributed by atoms with van der Waals surface area (Å²) in [5.41, 5.74) is 2.33. The number of fused-ring (bicyclic) bond motifs is 1. The molecule has 152 valence electrons. The third kappa shape index (κ3) is 4.04. The summed E-state index contributed by atoms with van der Waals surface area (Å²) in [5, 5.41) is 1.18. The number of ether oxygens (including phenoxy) is 2. The van der Waals surface area contributed by atoms with E-state index in [1.807, 2.05) is 73.7 Å². The molecule has 0 aliphatic carbocycles. The van der Waals surface area contributed by atoms with Gasteiger partial charge in [-0.2, -0.15) is 0 Å². The summed E-state index contributed by atoms with van der Waals surface area (Å²) in [6.45, 7) is 2.52. The number of nitrogens with zero attached hydrogens (tertiary/aromatic N) is 2. The zero-order valence-corrected chi connectivity index (χ0v) is 17.7. The molecule has 5 nitrogen and oxygen atoms in total. The molecule has 0 bridgehead atoms. The van der Waals surface area contributed by atoms with Crippen LogP contribution in [0.3, 0.4) is 0 Å². The summed E-state index contributed by atoms with van der Waals surface area (Å²) in [6.07, 6.45) is 0. The fourth-order valence-corrected chi connectivity index (χ4v) is 4.06. The molecule has 3 aromatic carbocycles. The van der Waals surface area contributed by atoms with Gasteiger partial charge in [0.25, 0.3) is 5.56 Å². The molecular weight excluding hydrogens is 396 g/mol. The van der Waals surface area contributed by atoms with Crippen LogP contribution in [0.15, 0.2) is 82.7 Å². The number of hydrogen-bond acceptors (Lipinski definition) is 5. The molecule has 0 radical (unpaired) electrons. The second-order valence-electron chi connectivity index (χ2n) is 6.69. The van der Waals surface area contributed by atoms with Crippen LogP contribution in [0.25, 0.3) is 16.6 Å². The van der Waals surface area contributed by atoms with Gasteiger partial charge in [0.1, 0.15) is 11.5 Å². The van der Waals surface area contributed by atoms with Crippen molar-refractivity contribution in [3.8, 4) is 17.2 Å². The Kier molecular flexibility index (Phi) is 6.05. The molecule has 0 aliphatic heterocycles. The van der Waals surface area contributed by atoms with Crippen LogP contribution in [0.1, 0.15) is 5.56 Å². The molecule has 0 atom stereocenters. The van der Waals surface area contributed by atoms with E-state index in [2.05, 4.69) is 0 Å². The van der Waals surface area contributed by atoms with Crippen molar-refractivity contribution < 1.29 is 9.47 Å². The normalized spacial score (nSPS) is 10.9. The van der Waals surface area contributed by atoms with Crippen molar-refractivity contribution in [3.63, 3.8) is 0 Å². The zero-order chi connectivity index (χ0) is 20.9. The van der Waals surface area contributed by atoms with E-state index in [9.17, 15) is 4.79 Å². The lowest BCUT2D eigenvalue weighted by atomic mass is 10.2. The van der Waals surface area contributed by atoms with Crippen LogP contribution in [0.2, 0.25) is 0 Å². The van der Waals surface area contributed by atoms with Gasteiger partial charge in [-0.1, -0.05) is 54.2 Å². The first-order valence-corrected chi connectivity index (χ1v) is 10.6. The average molecular weight is 419 g/mol. The summed E-state index contributed by atoms with van der Waals surface area (Å²) < 4.78 is 13.0. The van der Waals surface area contributed by atoms with Crippen molar-refractivity contribution >= 4 is 22.7 Å². The molecule has 0 spiro atoms. The Morgan fingerprint density at radius 3 is 2.43 bits per heavy atom. The predicted molar refractivity (Wildman–Crippen MR) is 121 cm³/mol. The van der Waals surface area contributed by atoms with Crippen LogP contribution in [0.4, 0.5) is 0 Å². The highest BCUT2D eigenvalue weighted by Gasteiger charge is 2.16. The van der Waals surface area contributed by atoms with Gasteiger partial charge >= 0.3 is 0 Å². The molecule has 30 heavy (non-hydrogen) atoms. The third-order valence-corrected chi connectivity index (χ3v) is 5.64. The van der Waals surface area contributed by atoms with E-state index in [0.29, 0.717) is 39.9 Å². The number of benzene rings is 3. The van der Waals surface area contributed by atoms with Gasteiger partial charge in [-0.3, -0.25) is 9.36 Å². The van der Waals surface area contributed by atoms with E-state index in [-0.39, 0.29) is 5.56 Å². The second kappa shape index (κ2) is 9.05. The minimum Gasteiger partial charge on any atom is -0.495 e. The molecule has 0 saturated carbocycles. The number of aryl methyl sites for hydroxylation is 1. The van der Waals surface area contributed by atoms with Gasteiger partial charge in [0.2, 0.25) is 0 Å². The van der Waals surface area contributed by atoms with Gasteiger partial charge in [0.15, 0.2) is 5.16 Å². The number of thioether (sulfide) groups is 1. The highest BCUT2D eigenvalue weighted by Crippen LogP contribution is 2.27. The van der Waals surface area contributed by atoms with Gasteiger partial charge in [-0.05, 0) is 42.8 Å². The SMILES string of the molecule is COc1ccccc1-n1c(SCCOc2ccccc2C)nc2ccccc2c1=O. The lowest BCUT2D eigenvalue weighted by molar-refractivity contribution is 0.341. The quantitative estimate of drug-likeness (QED) is 0.243. The van der Waals surface area contributed by atoms with E-state index in [4.69, 9.17) is 14.5 Å². The first-order valence-electron chi connectivity index (χ1n) is 9.65. The van der Waals surface area contributed by atoms with E-state index in [0.717, 1.165) is 11.3 Å². The van der Waals surface area contributed by atoms with E-state index >= 15 is 0 Å². The number of hydrogen-bond donors (Lipinski definition) is 0. The molecular formula is C24H22N2O3S. The van der Waals surface area contributed by atoms with Crippen LogP contribution >= 0.6 is 11.8 Å². The summed E-state index contributed by atoms with van der Waals surface area (Å²) in [4.78, 5) is 18.1. The average Bonchev–Trinajstić information content (AvgIpc) is 2.78. The Balaban J connectivity index is 1.68. The molecule has 0 saturated heterocycles. The molecule has 0 amide bonds. The molecule has 0 fully saturated rings. The predicted octanol–water partition coefficient (Wildman–Crippen LogP) is 4.87. The Labute approximate surface area is 179 Å². The van der Waals surface area contributed by atoms with Crippen LogP contribution in [0, 0.1) is 6.92 Å². The van der Waals surface area contributed by atoms with Crippen LogP contribution in [-0.4, -0.2) is 29.0 Å². The first-order chi connectivity index (χ1) is 14.7. The largest absolute Gasteiger partial charge is 0.495 e. The molecule has 1 aromatic heterocycles. The highest BCUT2D eigenvalue weighted by molar-refractivity contribution is 7.99. The van der Waals surface area contributed by atoms with Crippen molar-refractivity contribution in [2.24, 2.45) is 0 Å². The summed E-state index contributed by atoms with van der Waals surface area (Å²) >= 11 is 1.49. The maximum absolute atomic E-state index is 13.3. The highest BCUT2D eigenvalue weighted by atomic mass is 32.2. The summed E-state index contributed by atoms with van der Waals surface area (Å²) in [7, 11) is 1.60. The minimum atomic E-state index is -0.118. The van der Waals surface area contributed by atoms with Crippen LogP contribution in [-0.2, 0) is 0 Å².